The van der Waals surface area contributed by atoms with Crippen LogP contribution in [0.1, 0.15) is 36.0 Å². The molecule has 2 aliphatic rings. The fourth-order valence-electron chi connectivity index (χ4n) is 3.99. The number of hydrogen-bond acceptors (Lipinski definition) is 7. The summed E-state index contributed by atoms with van der Waals surface area (Å²) in [6.07, 6.45) is 3.95. The zero-order chi connectivity index (χ0) is 19.7. The van der Waals surface area contributed by atoms with Gasteiger partial charge in [-0.05, 0) is 0 Å². The summed E-state index contributed by atoms with van der Waals surface area (Å²) in [5.74, 6) is -0.547. The topological polar surface area (TPSA) is 98.7 Å². The van der Waals surface area contributed by atoms with Crippen molar-refractivity contribution in [3.63, 3.8) is 0 Å². The molecule has 2 atom stereocenters. The van der Waals surface area contributed by atoms with E-state index in [9.17, 15) is 14.9 Å². The summed E-state index contributed by atoms with van der Waals surface area (Å²) in [7, 11) is 6.96. The van der Waals surface area contributed by atoms with E-state index in [4.69, 9.17) is 9.57 Å². The maximum absolute atomic E-state index is 12.5. The third-order valence-electron chi connectivity index (χ3n) is 5.57. The number of fused-ring (bicyclic) bond motifs is 2. The van der Waals surface area contributed by atoms with Crippen LogP contribution in [-0.2, 0) is 4.84 Å². The Morgan fingerprint density at radius 2 is 1.93 bits per heavy atom. The number of piperidine rings is 1. The molecule has 1 aromatic rings. The minimum Gasteiger partial charge on any atom is -0.496 e. The number of ether oxygens (including phenoxy) is 1. The Bertz CT molecular complexity index is 776. The number of nitro benzene ring substituents is 1. The molecule has 2 fully saturated rings. The summed E-state index contributed by atoms with van der Waals surface area (Å²) in [6.45, 7) is 0. The second kappa shape index (κ2) is 7.51. The monoisotopic (exact) mass is 377 g/mol. The van der Waals surface area contributed by atoms with Crippen LogP contribution in [0.5, 0.6) is 5.75 Å². The molecule has 2 bridgehead atoms. The number of methoxy groups -OCH3 is 1. The van der Waals surface area contributed by atoms with Gasteiger partial charge < -0.3 is 19.4 Å². The van der Waals surface area contributed by atoms with Crippen LogP contribution in [-0.4, -0.2) is 56.9 Å². The molecule has 0 aromatic heterocycles. The van der Waals surface area contributed by atoms with E-state index in [1.54, 1.807) is 19.0 Å². The van der Waals surface area contributed by atoms with E-state index in [0.717, 1.165) is 31.4 Å². The molecule has 0 saturated carbocycles. The molecule has 9 heteroatoms. The predicted molar refractivity (Wildman–Crippen MR) is 99.8 cm³/mol. The van der Waals surface area contributed by atoms with Crippen molar-refractivity contribution in [2.75, 3.05) is 33.2 Å². The summed E-state index contributed by atoms with van der Waals surface area (Å²) in [6, 6.07) is 3.69. The average Bonchev–Trinajstić information content (AvgIpc) is 2.85. The highest BCUT2D eigenvalue weighted by Crippen LogP contribution is 2.34. The molecule has 146 valence electrons. The van der Waals surface area contributed by atoms with Gasteiger partial charge in [0.15, 0.2) is 0 Å². The molecule has 0 spiro atoms. The van der Waals surface area contributed by atoms with E-state index in [1.165, 1.54) is 24.1 Å². The van der Waals surface area contributed by atoms with Gasteiger partial charge in [0.2, 0.25) is 0 Å². The van der Waals surface area contributed by atoms with Gasteiger partial charge in [-0.25, -0.2) is 4.79 Å². The van der Waals surface area contributed by atoms with Gasteiger partial charge in [-0.3, -0.25) is 10.1 Å². The van der Waals surface area contributed by atoms with Crippen LogP contribution in [0.15, 0.2) is 17.3 Å². The largest absolute Gasteiger partial charge is 0.496 e. The van der Waals surface area contributed by atoms with Crippen LogP contribution < -0.4 is 14.5 Å². The molecular formula is C18H25N4O5+. The van der Waals surface area contributed by atoms with Gasteiger partial charge in [0.1, 0.15) is 17.0 Å². The number of oxime groups is 1. The fraction of sp³-hybridized carbons (Fsp3) is 0.556. The molecule has 2 heterocycles. The fourth-order valence-corrected chi connectivity index (χ4v) is 3.99. The van der Waals surface area contributed by atoms with Crippen LogP contribution >= 0.6 is 0 Å². The SMILES string of the molecule is COc1cc(N(C)C)c([N+](=O)[O-])cc1C(=O)ON=C1CC2CCC(C1)[NH+]2C. The summed E-state index contributed by atoms with van der Waals surface area (Å²) < 4.78 is 5.24. The molecule has 0 radical (unpaired) electrons. The molecule has 9 nitrogen and oxygen atoms in total. The number of rotatable bonds is 5. The number of carbonyl (C=O) groups is 1. The van der Waals surface area contributed by atoms with Gasteiger partial charge in [0.05, 0.1) is 36.9 Å². The Kier molecular flexibility index (Phi) is 5.31. The molecule has 2 saturated heterocycles. The predicted octanol–water partition coefficient (Wildman–Crippen LogP) is 1.02. The van der Waals surface area contributed by atoms with Gasteiger partial charge in [-0.2, -0.15) is 0 Å². The van der Waals surface area contributed by atoms with Crippen LogP contribution in [0.2, 0.25) is 0 Å². The lowest BCUT2D eigenvalue weighted by atomic mass is 10.0. The molecule has 1 aromatic carbocycles. The summed E-state index contributed by atoms with van der Waals surface area (Å²) in [5, 5.41) is 15.4. The molecular weight excluding hydrogens is 352 g/mol. The highest BCUT2D eigenvalue weighted by molar-refractivity contribution is 5.95. The second-order valence-corrected chi connectivity index (χ2v) is 7.35. The lowest BCUT2D eigenvalue weighted by molar-refractivity contribution is -0.917. The number of benzene rings is 1. The van der Waals surface area contributed by atoms with Crippen LogP contribution in [0, 0.1) is 10.1 Å². The van der Waals surface area contributed by atoms with Crippen molar-refractivity contribution in [2.24, 2.45) is 5.16 Å². The van der Waals surface area contributed by atoms with E-state index < -0.39 is 10.9 Å². The number of quaternary nitrogens is 1. The summed E-state index contributed by atoms with van der Waals surface area (Å²) in [5.41, 5.74) is 1.01. The number of anilines is 1. The van der Waals surface area contributed by atoms with Gasteiger partial charge in [0, 0.05) is 51.9 Å². The number of carbonyl (C=O) groups excluding carboxylic acids is 1. The molecule has 1 N–H and O–H groups in total. The van der Waals surface area contributed by atoms with Crippen LogP contribution in [0.3, 0.4) is 0 Å². The summed E-state index contributed by atoms with van der Waals surface area (Å²) >= 11 is 0. The lowest BCUT2D eigenvalue weighted by Gasteiger charge is -2.28. The minimum absolute atomic E-state index is 0.0133. The Balaban J connectivity index is 1.83. The van der Waals surface area contributed by atoms with Gasteiger partial charge in [-0.1, -0.05) is 5.16 Å². The first-order chi connectivity index (χ1) is 12.8. The highest BCUT2D eigenvalue weighted by Gasteiger charge is 2.41. The lowest BCUT2D eigenvalue weighted by Crippen LogP contribution is -3.15. The van der Waals surface area contributed by atoms with Crippen LogP contribution in [0.4, 0.5) is 11.4 Å². The Labute approximate surface area is 157 Å². The molecule has 27 heavy (non-hydrogen) atoms. The number of nitro groups is 1. The van der Waals surface area contributed by atoms with Crippen molar-refractivity contribution in [1.29, 1.82) is 0 Å². The normalized spacial score (nSPS) is 23.7. The second-order valence-electron chi connectivity index (χ2n) is 7.35. The first-order valence-corrected chi connectivity index (χ1v) is 8.96. The third-order valence-corrected chi connectivity index (χ3v) is 5.57. The maximum atomic E-state index is 12.5. The van der Waals surface area contributed by atoms with E-state index >= 15 is 0 Å². The molecule has 0 amide bonds. The Hall–Kier alpha value is -2.68. The summed E-state index contributed by atoms with van der Waals surface area (Å²) in [4.78, 5) is 31.6. The first kappa shape index (κ1) is 19.1. The van der Waals surface area contributed by atoms with E-state index in [1.807, 2.05) is 0 Å². The quantitative estimate of drug-likeness (QED) is 0.467. The van der Waals surface area contributed by atoms with Gasteiger partial charge in [-0.15, -0.1) is 0 Å². The highest BCUT2D eigenvalue weighted by atomic mass is 16.7. The van der Waals surface area contributed by atoms with Gasteiger partial charge >= 0.3 is 5.97 Å². The molecule has 0 aliphatic carbocycles. The van der Waals surface area contributed by atoms with Crippen molar-refractivity contribution in [3.8, 4) is 5.75 Å². The maximum Gasteiger partial charge on any atom is 0.369 e. The molecule has 2 aliphatic heterocycles. The van der Waals surface area contributed by atoms with Crippen molar-refractivity contribution in [1.82, 2.24) is 0 Å². The van der Waals surface area contributed by atoms with Crippen molar-refractivity contribution < 1.29 is 24.2 Å². The standard InChI is InChI=1S/C18H24N4O5/c1-20(2)15-10-17(26-4)14(9-16(15)22(24)25)18(23)27-19-11-7-12-5-6-13(8-11)21(12)3/h9-10,12-13H,5-8H2,1-4H3/p+1. The smallest absolute Gasteiger partial charge is 0.369 e. The molecule has 2 unspecified atom stereocenters. The Morgan fingerprint density at radius 3 is 2.44 bits per heavy atom. The van der Waals surface area contributed by atoms with E-state index in [-0.39, 0.29) is 17.0 Å². The average molecular weight is 377 g/mol. The zero-order valence-corrected chi connectivity index (χ0v) is 16.0. The van der Waals surface area contributed by atoms with Crippen molar-refractivity contribution >= 4 is 23.1 Å². The van der Waals surface area contributed by atoms with Gasteiger partial charge in [0.25, 0.3) is 5.69 Å². The van der Waals surface area contributed by atoms with E-state index in [2.05, 4.69) is 12.2 Å². The van der Waals surface area contributed by atoms with Crippen LogP contribution in [0.25, 0.3) is 0 Å². The van der Waals surface area contributed by atoms with E-state index in [0.29, 0.717) is 17.8 Å². The van der Waals surface area contributed by atoms with Crippen molar-refractivity contribution in [2.45, 2.75) is 37.8 Å². The number of hydrogen-bond donors (Lipinski definition) is 1. The Morgan fingerprint density at radius 1 is 1.30 bits per heavy atom. The first-order valence-electron chi connectivity index (χ1n) is 8.96. The minimum atomic E-state index is -0.758. The third kappa shape index (κ3) is 3.73. The van der Waals surface area contributed by atoms with Crippen molar-refractivity contribution in [3.05, 3.63) is 27.8 Å². The number of nitrogens with one attached hydrogen (secondary N) is 1. The zero-order valence-electron chi connectivity index (χ0n) is 16.0. The number of nitrogens with zero attached hydrogens (tertiary/aromatic N) is 3. The molecule has 3 rings (SSSR count).